The molecule has 0 aliphatic carbocycles. The molecule has 1 aromatic carbocycles. The number of β-lactam (4-membered cyclic amide) rings is 1. The predicted octanol–water partition coefficient (Wildman–Crippen LogP) is 2.55. The van der Waals surface area contributed by atoms with Crippen molar-refractivity contribution in [3.05, 3.63) is 71.0 Å². The summed E-state index contributed by atoms with van der Waals surface area (Å²) in [6.45, 7) is 1.78. The van der Waals surface area contributed by atoms with Gasteiger partial charge in [-0.15, -0.1) is 0 Å². The predicted molar refractivity (Wildman–Crippen MR) is 131 cm³/mol. The Morgan fingerprint density at radius 2 is 2.03 bits per heavy atom. The number of carbonyl (C=O) groups excluding carboxylic acids is 3. The molecule has 182 valence electrons. The molecule has 1 aliphatic rings. The number of hydrogen-bond acceptors (Lipinski definition) is 6. The van der Waals surface area contributed by atoms with Crippen molar-refractivity contribution in [1.29, 1.82) is 0 Å². The lowest BCUT2D eigenvalue weighted by Gasteiger charge is -2.45. The standard InChI is InChI=1S/C24H26ClN7O3/c1-14(16-5-4-6-17(25)13-16)28-24(35)32-21(23(34)31(3)20-8-10-30(2)29-20)18(22(32)33)11-15-7-9-27-19(26)12-15/h4-10,12-14,18,21H,11H2,1-3H3,(H2,26,27)(H,28,35)/t14-,18-,21+/m1/s1. The van der Waals surface area contributed by atoms with Crippen LogP contribution in [-0.2, 0) is 23.1 Å². The quantitative estimate of drug-likeness (QED) is 0.506. The molecule has 0 bridgehead atoms. The number of likely N-dealkylation sites (N-methyl/N-ethyl adjacent to an activating group) is 1. The third kappa shape index (κ3) is 4.97. The second-order valence-electron chi connectivity index (χ2n) is 8.52. The summed E-state index contributed by atoms with van der Waals surface area (Å²) >= 11 is 6.07. The summed E-state index contributed by atoms with van der Waals surface area (Å²) in [7, 11) is 3.31. The first-order chi connectivity index (χ1) is 16.7. The minimum Gasteiger partial charge on any atom is -0.384 e. The van der Waals surface area contributed by atoms with Crippen LogP contribution in [0.15, 0.2) is 54.9 Å². The minimum atomic E-state index is -1.00. The zero-order chi connectivity index (χ0) is 25.3. The SMILES string of the molecule is C[C@@H](NC(=O)N1C(=O)[C@H](Cc2ccnc(N)c2)[C@H]1C(=O)N(C)c1ccn(C)n1)c1cccc(Cl)c1. The van der Waals surface area contributed by atoms with Crippen molar-refractivity contribution >= 4 is 41.1 Å². The van der Waals surface area contributed by atoms with Crippen LogP contribution < -0.4 is 16.0 Å². The maximum Gasteiger partial charge on any atom is 0.325 e. The molecule has 10 nitrogen and oxygen atoms in total. The van der Waals surface area contributed by atoms with Gasteiger partial charge in [0.15, 0.2) is 5.82 Å². The molecule has 3 N–H and O–H groups in total. The van der Waals surface area contributed by atoms with Gasteiger partial charge in [-0.25, -0.2) is 9.78 Å². The van der Waals surface area contributed by atoms with Crippen molar-refractivity contribution in [3.63, 3.8) is 0 Å². The monoisotopic (exact) mass is 495 g/mol. The number of nitrogens with zero attached hydrogens (tertiary/aromatic N) is 5. The highest BCUT2D eigenvalue weighted by atomic mass is 35.5. The molecular weight excluding hydrogens is 470 g/mol. The first-order valence-corrected chi connectivity index (χ1v) is 11.4. The largest absolute Gasteiger partial charge is 0.384 e. The topological polar surface area (TPSA) is 126 Å². The molecule has 4 amide bonds. The van der Waals surface area contributed by atoms with Crippen LogP contribution in [0.25, 0.3) is 0 Å². The van der Waals surface area contributed by atoms with Gasteiger partial charge >= 0.3 is 6.03 Å². The van der Waals surface area contributed by atoms with Gasteiger partial charge in [-0.1, -0.05) is 23.7 Å². The molecule has 3 atom stereocenters. The average Bonchev–Trinajstić information content (AvgIpc) is 3.26. The molecule has 3 aromatic rings. The lowest BCUT2D eigenvalue weighted by atomic mass is 9.81. The number of pyridine rings is 1. The van der Waals surface area contributed by atoms with Crippen molar-refractivity contribution in [3.8, 4) is 0 Å². The number of carbonyl (C=O) groups is 3. The lowest BCUT2D eigenvalue weighted by Crippen LogP contribution is -2.70. The Bertz CT molecular complexity index is 1280. The molecule has 4 rings (SSSR count). The van der Waals surface area contributed by atoms with Crippen LogP contribution in [0, 0.1) is 5.92 Å². The fourth-order valence-electron chi connectivity index (χ4n) is 4.14. The van der Waals surface area contributed by atoms with Gasteiger partial charge in [-0.2, -0.15) is 5.10 Å². The van der Waals surface area contributed by atoms with Crippen molar-refractivity contribution in [2.75, 3.05) is 17.7 Å². The summed E-state index contributed by atoms with van der Waals surface area (Å²) < 4.78 is 1.57. The number of nitrogens with one attached hydrogen (secondary N) is 1. The zero-order valence-corrected chi connectivity index (χ0v) is 20.3. The summed E-state index contributed by atoms with van der Waals surface area (Å²) in [4.78, 5) is 46.1. The molecule has 1 saturated heterocycles. The van der Waals surface area contributed by atoms with E-state index in [4.69, 9.17) is 17.3 Å². The van der Waals surface area contributed by atoms with E-state index in [0.29, 0.717) is 16.7 Å². The maximum atomic E-state index is 13.5. The van der Waals surface area contributed by atoms with Gasteiger partial charge in [0.1, 0.15) is 11.9 Å². The van der Waals surface area contributed by atoms with E-state index in [1.165, 1.54) is 4.90 Å². The van der Waals surface area contributed by atoms with Gasteiger partial charge in [0, 0.05) is 37.6 Å². The Morgan fingerprint density at radius 1 is 1.26 bits per heavy atom. The fraction of sp³-hybridized carbons (Fsp3) is 0.292. The van der Waals surface area contributed by atoms with Crippen LogP contribution in [0.4, 0.5) is 16.4 Å². The maximum absolute atomic E-state index is 13.5. The molecule has 0 radical (unpaired) electrons. The summed E-state index contributed by atoms with van der Waals surface area (Å²) in [5.41, 5.74) is 7.31. The van der Waals surface area contributed by atoms with E-state index < -0.39 is 35.8 Å². The first kappa shape index (κ1) is 24.2. The molecule has 1 fully saturated rings. The molecule has 11 heteroatoms. The van der Waals surface area contributed by atoms with Crippen LogP contribution in [0.3, 0.4) is 0 Å². The van der Waals surface area contributed by atoms with Crippen molar-refractivity contribution in [1.82, 2.24) is 25.0 Å². The second kappa shape index (κ2) is 9.75. The molecule has 35 heavy (non-hydrogen) atoms. The Hall–Kier alpha value is -3.92. The number of halogens is 1. The fourth-order valence-corrected chi connectivity index (χ4v) is 4.34. The lowest BCUT2D eigenvalue weighted by molar-refractivity contribution is -0.156. The van der Waals surface area contributed by atoms with Crippen LogP contribution in [0.5, 0.6) is 0 Å². The second-order valence-corrected chi connectivity index (χ2v) is 8.96. The van der Waals surface area contributed by atoms with Crippen molar-refractivity contribution in [2.45, 2.75) is 25.4 Å². The summed E-state index contributed by atoms with van der Waals surface area (Å²) in [6, 6.07) is 10.0. The summed E-state index contributed by atoms with van der Waals surface area (Å²) in [5.74, 6) is -0.864. The van der Waals surface area contributed by atoms with Gasteiger partial charge in [0.05, 0.1) is 12.0 Å². The molecule has 0 unspecified atom stereocenters. The summed E-state index contributed by atoms with van der Waals surface area (Å²) in [6.07, 6.45) is 3.49. The Kier molecular flexibility index (Phi) is 6.74. The number of imide groups is 1. The number of rotatable bonds is 6. The van der Waals surface area contributed by atoms with Crippen LogP contribution in [0.2, 0.25) is 5.02 Å². The number of anilines is 2. The number of aromatic nitrogens is 3. The Morgan fingerprint density at radius 3 is 2.69 bits per heavy atom. The van der Waals surface area contributed by atoms with Crippen LogP contribution in [0.1, 0.15) is 24.1 Å². The van der Waals surface area contributed by atoms with Crippen molar-refractivity contribution in [2.24, 2.45) is 13.0 Å². The van der Waals surface area contributed by atoms with E-state index in [1.54, 1.807) is 74.5 Å². The van der Waals surface area contributed by atoms with Gasteiger partial charge in [-0.05, 0) is 48.7 Å². The molecule has 2 aromatic heterocycles. The van der Waals surface area contributed by atoms with E-state index >= 15 is 0 Å². The average molecular weight is 496 g/mol. The number of nitrogen functional groups attached to an aromatic ring is 1. The highest BCUT2D eigenvalue weighted by Gasteiger charge is 2.55. The molecular formula is C24H26ClN7O3. The Labute approximate surface area is 207 Å². The highest BCUT2D eigenvalue weighted by molar-refractivity contribution is 6.30. The van der Waals surface area contributed by atoms with Gasteiger partial charge < -0.3 is 11.1 Å². The number of nitrogens with two attached hydrogens (primary N) is 1. The number of hydrogen-bond donors (Lipinski definition) is 2. The Balaban J connectivity index is 1.58. The minimum absolute atomic E-state index is 0.242. The van der Waals surface area contributed by atoms with Crippen LogP contribution in [-0.4, -0.2) is 50.6 Å². The molecule has 3 heterocycles. The molecule has 0 saturated carbocycles. The normalized spacial score (nSPS) is 18.1. The van der Waals surface area contributed by atoms with Crippen LogP contribution >= 0.6 is 11.6 Å². The number of likely N-dealkylation sites (tertiary alicyclic amines) is 1. The van der Waals surface area contributed by atoms with E-state index in [-0.39, 0.29) is 6.42 Å². The smallest absolute Gasteiger partial charge is 0.325 e. The third-order valence-electron chi connectivity index (χ3n) is 6.05. The van der Waals surface area contributed by atoms with E-state index in [9.17, 15) is 14.4 Å². The molecule has 0 spiro atoms. The zero-order valence-electron chi connectivity index (χ0n) is 19.6. The highest BCUT2D eigenvalue weighted by Crippen LogP contribution is 2.33. The third-order valence-corrected chi connectivity index (χ3v) is 6.28. The van der Waals surface area contributed by atoms with Gasteiger partial charge in [0.2, 0.25) is 5.91 Å². The van der Waals surface area contributed by atoms with Gasteiger partial charge in [-0.3, -0.25) is 24.1 Å². The van der Waals surface area contributed by atoms with Gasteiger partial charge in [0.25, 0.3) is 5.91 Å². The number of aryl methyl sites for hydroxylation is 1. The van der Waals surface area contributed by atoms with E-state index in [0.717, 1.165) is 16.0 Å². The number of urea groups is 1. The molecule has 1 aliphatic heterocycles. The number of amides is 4. The number of benzene rings is 1. The first-order valence-electron chi connectivity index (χ1n) is 11.0. The summed E-state index contributed by atoms with van der Waals surface area (Å²) in [5, 5.41) is 7.60. The van der Waals surface area contributed by atoms with E-state index in [1.807, 2.05) is 6.07 Å². The van der Waals surface area contributed by atoms with E-state index in [2.05, 4.69) is 15.4 Å². The van der Waals surface area contributed by atoms with Crippen molar-refractivity contribution < 1.29 is 14.4 Å².